The van der Waals surface area contributed by atoms with Crippen LogP contribution in [0.1, 0.15) is 43.5 Å². The summed E-state index contributed by atoms with van der Waals surface area (Å²) in [6.07, 6.45) is 4.99. The Morgan fingerprint density at radius 3 is 2.75 bits per heavy atom. The fourth-order valence-electron chi connectivity index (χ4n) is 5.93. The predicted molar refractivity (Wildman–Crippen MR) is 158 cm³/mol. The summed E-state index contributed by atoms with van der Waals surface area (Å²) in [5, 5.41) is 9.41. The molecule has 44 heavy (non-hydrogen) atoms. The molecule has 5 aromatic rings. The summed E-state index contributed by atoms with van der Waals surface area (Å²) in [5.74, 6) is -3.79. The molecule has 6 rings (SSSR count). The van der Waals surface area contributed by atoms with Crippen LogP contribution in [0.5, 0.6) is 17.2 Å². The Bertz CT molecular complexity index is 1960. The molecule has 0 fully saturated rings. The van der Waals surface area contributed by atoms with Crippen LogP contribution in [-0.4, -0.2) is 42.6 Å². The van der Waals surface area contributed by atoms with Crippen LogP contribution in [0, 0.1) is 17.5 Å². The van der Waals surface area contributed by atoms with Gasteiger partial charge < -0.3 is 24.5 Å². The van der Waals surface area contributed by atoms with Gasteiger partial charge in [0.2, 0.25) is 5.82 Å². The van der Waals surface area contributed by atoms with Crippen molar-refractivity contribution in [1.82, 2.24) is 15.0 Å². The number of nitrogens with one attached hydrogen (secondary N) is 2. The van der Waals surface area contributed by atoms with Crippen molar-refractivity contribution in [2.75, 3.05) is 6.26 Å². The zero-order valence-electron chi connectivity index (χ0n) is 24.0. The van der Waals surface area contributed by atoms with E-state index in [9.17, 15) is 18.5 Å². The van der Waals surface area contributed by atoms with Gasteiger partial charge in [-0.3, -0.25) is 9.00 Å². The van der Waals surface area contributed by atoms with Crippen molar-refractivity contribution < 1.29 is 36.8 Å². The van der Waals surface area contributed by atoms with E-state index >= 15 is 8.78 Å². The molecule has 1 aliphatic heterocycles. The number of imidazole rings is 1. The lowest BCUT2D eigenvalue weighted by Crippen LogP contribution is -2.36. The van der Waals surface area contributed by atoms with E-state index in [0.717, 1.165) is 17.2 Å². The number of aromatic nitrogens is 3. The Kier molecular flexibility index (Phi) is 7.48. The van der Waals surface area contributed by atoms with E-state index in [1.807, 2.05) is 32.0 Å². The van der Waals surface area contributed by atoms with Gasteiger partial charge in [0.1, 0.15) is 23.1 Å². The third-order valence-corrected chi connectivity index (χ3v) is 8.97. The van der Waals surface area contributed by atoms with Gasteiger partial charge in [-0.15, -0.1) is 0 Å². The fourth-order valence-corrected chi connectivity index (χ4v) is 6.81. The van der Waals surface area contributed by atoms with Crippen LogP contribution in [-0.2, 0) is 27.4 Å². The lowest BCUT2D eigenvalue weighted by atomic mass is 9.73. The Morgan fingerprint density at radius 1 is 1.20 bits per heavy atom. The third-order valence-electron chi connectivity index (χ3n) is 7.99. The quantitative estimate of drug-likeness (QED) is 0.171. The number of aliphatic carboxylic acids is 1. The number of fused-ring (bicyclic) bond motifs is 2. The Balaban J connectivity index is 1.38. The largest absolute Gasteiger partial charge is 0.490 e. The number of H-pyrrole nitrogens is 2. The smallest absolute Gasteiger partial charge is 0.303 e. The molecule has 2 aromatic heterocycles. The molecule has 8 nitrogen and oxygen atoms in total. The monoisotopic (exact) mass is 623 g/mol. The first-order valence-electron chi connectivity index (χ1n) is 13.8. The van der Waals surface area contributed by atoms with Crippen molar-refractivity contribution in [1.29, 1.82) is 0 Å². The minimum atomic E-state index is -1.75. The standard InChI is InChI=1S/C32H28F3N3O5S/c1-16-14-32(2,21-6-4-5-17(28(21)42-16)7-10-24(39)40)23-15-37-31(38-23)20-13-18(8-9-22(20)33)43-29-26(35)25(34)27-19(11-12-36-27)30(29)44(3)41/h4-6,8-9,11-13,15-16,36H,7,10,14H2,1-3H3,(H,37,38)(H,39,40)/t16-,32?,44?/m1/s1. The number of halogens is 3. The molecule has 0 amide bonds. The van der Waals surface area contributed by atoms with Crippen molar-refractivity contribution in [3.63, 3.8) is 0 Å². The van der Waals surface area contributed by atoms with Gasteiger partial charge >= 0.3 is 5.97 Å². The molecule has 0 saturated heterocycles. The average molecular weight is 624 g/mol. The number of para-hydroxylation sites is 1. The highest BCUT2D eigenvalue weighted by atomic mass is 32.2. The highest BCUT2D eigenvalue weighted by Gasteiger charge is 2.40. The first kappa shape index (κ1) is 29.5. The predicted octanol–water partition coefficient (Wildman–Crippen LogP) is 7.00. The second-order valence-electron chi connectivity index (χ2n) is 11.0. The SMILES string of the molecule is C[C@@H]1CC(C)(c2cnc(-c3cc(Oc4c(F)c(F)c5[nH]ccc5c4S(C)=O)ccc3F)[nH]2)c2cccc(CCC(=O)O)c2O1. The van der Waals surface area contributed by atoms with Crippen molar-refractivity contribution in [3.8, 4) is 28.6 Å². The third kappa shape index (κ3) is 5.02. The normalized spacial score (nSPS) is 18.5. The number of benzene rings is 3. The number of aromatic amines is 2. The molecule has 3 atom stereocenters. The second-order valence-corrected chi connectivity index (χ2v) is 12.4. The number of hydrogen-bond donors (Lipinski definition) is 3. The van der Waals surface area contributed by atoms with Gasteiger partial charge in [0.25, 0.3) is 0 Å². The summed E-state index contributed by atoms with van der Waals surface area (Å²) in [5.41, 5.74) is 1.58. The van der Waals surface area contributed by atoms with E-state index in [4.69, 9.17) is 9.47 Å². The van der Waals surface area contributed by atoms with Gasteiger partial charge in [-0.2, -0.15) is 4.39 Å². The molecule has 0 radical (unpaired) electrons. The molecule has 0 aliphatic carbocycles. The molecular weight excluding hydrogens is 595 g/mol. The number of ether oxygens (including phenoxy) is 2. The number of rotatable bonds is 8. The van der Waals surface area contributed by atoms with E-state index in [1.165, 1.54) is 30.7 Å². The van der Waals surface area contributed by atoms with Gasteiger partial charge in [0, 0.05) is 47.1 Å². The summed E-state index contributed by atoms with van der Waals surface area (Å²) in [6, 6.07) is 10.8. The lowest BCUT2D eigenvalue weighted by molar-refractivity contribution is -0.136. The van der Waals surface area contributed by atoms with Crippen LogP contribution in [0.15, 0.2) is 59.8 Å². The summed E-state index contributed by atoms with van der Waals surface area (Å²) >= 11 is 0. The molecule has 3 N–H and O–H groups in total. The summed E-state index contributed by atoms with van der Waals surface area (Å²) < 4.78 is 69.6. The van der Waals surface area contributed by atoms with Gasteiger partial charge in [-0.05, 0) is 56.5 Å². The Morgan fingerprint density at radius 2 is 2.00 bits per heavy atom. The van der Waals surface area contributed by atoms with Crippen LogP contribution in [0.25, 0.3) is 22.3 Å². The van der Waals surface area contributed by atoms with Crippen molar-refractivity contribution in [2.45, 2.75) is 49.5 Å². The molecule has 2 unspecified atom stereocenters. The zero-order valence-corrected chi connectivity index (χ0v) is 24.8. The molecular formula is C32H28F3N3O5S. The molecule has 0 bridgehead atoms. The van der Waals surface area contributed by atoms with Gasteiger partial charge in [0.05, 0.1) is 32.9 Å². The Labute approximate surface area is 252 Å². The van der Waals surface area contributed by atoms with Crippen LogP contribution in [0.4, 0.5) is 13.2 Å². The number of aryl methyl sites for hydroxylation is 1. The minimum absolute atomic E-state index is 0.0152. The molecule has 0 spiro atoms. The Hall–Kier alpha value is -4.58. The van der Waals surface area contributed by atoms with E-state index in [2.05, 4.69) is 15.0 Å². The summed E-state index contributed by atoms with van der Waals surface area (Å²) in [7, 11) is -1.75. The van der Waals surface area contributed by atoms with E-state index in [0.29, 0.717) is 24.3 Å². The molecule has 0 saturated carbocycles. The topological polar surface area (TPSA) is 117 Å². The van der Waals surface area contributed by atoms with Crippen molar-refractivity contribution in [2.24, 2.45) is 0 Å². The van der Waals surface area contributed by atoms with Crippen molar-refractivity contribution >= 4 is 27.7 Å². The van der Waals surface area contributed by atoms with E-state index < -0.39 is 45.4 Å². The maximum Gasteiger partial charge on any atom is 0.303 e. The number of carboxylic acid groups (broad SMARTS) is 1. The first-order chi connectivity index (χ1) is 21.0. The highest BCUT2D eigenvalue weighted by molar-refractivity contribution is 7.84. The summed E-state index contributed by atoms with van der Waals surface area (Å²) in [4.78, 5) is 21.5. The highest BCUT2D eigenvalue weighted by Crippen LogP contribution is 2.47. The maximum atomic E-state index is 15.2. The van der Waals surface area contributed by atoms with Gasteiger partial charge in [-0.25, -0.2) is 13.8 Å². The maximum absolute atomic E-state index is 15.2. The van der Waals surface area contributed by atoms with Crippen LogP contribution in [0.2, 0.25) is 0 Å². The van der Waals surface area contributed by atoms with Gasteiger partial charge in [-0.1, -0.05) is 18.2 Å². The van der Waals surface area contributed by atoms with Gasteiger partial charge in [0.15, 0.2) is 11.6 Å². The second kappa shape index (κ2) is 11.2. The number of carbonyl (C=O) groups is 1. The molecule has 228 valence electrons. The number of nitrogens with zero attached hydrogens (tertiary/aromatic N) is 1. The van der Waals surface area contributed by atoms with Crippen LogP contribution in [0.3, 0.4) is 0 Å². The lowest BCUT2D eigenvalue weighted by Gasteiger charge is -2.39. The zero-order chi connectivity index (χ0) is 31.3. The van der Waals surface area contributed by atoms with E-state index in [-0.39, 0.29) is 45.5 Å². The molecule has 3 heterocycles. The average Bonchev–Trinajstić information content (AvgIpc) is 3.66. The minimum Gasteiger partial charge on any atom is -0.490 e. The first-order valence-corrected chi connectivity index (χ1v) is 15.4. The van der Waals surface area contributed by atoms with Crippen LogP contribution < -0.4 is 9.47 Å². The van der Waals surface area contributed by atoms with E-state index in [1.54, 1.807) is 6.20 Å². The molecule has 12 heteroatoms. The number of hydrogen-bond acceptors (Lipinski definition) is 5. The van der Waals surface area contributed by atoms with Crippen molar-refractivity contribution in [3.05, 3.63) is 89.1 Å². The summed E-state index contributed by atoms with van der Waals surface area (Å²) in [6.45, 7) is 3.94. The fraction of sp³-hybridized carbons (Fsp3) is 0.250. The number of carboxylic acids is 1. The molecule has 3 aromatic carbocycles. The molecule has 1 aliphatic rings. The van der Waals surface area contributed by atoms with Crippen LogP contribution >= 0.6 is 0 Å².